The molecule has 0 atom stereocenters. The van der Waals surface area contributed by atoms with Crippen LogP contribution in [0.3, 0.4) is 0 Å². The van der Waals surface area contributed by atoms with Crippen LogP contribution in [-0.2, 0) is 0 Å². The first-order chi connectivity index (χ1) is 6.72. The van der Waals surface area contributed by atoms with E-state index in [1.165, 1.54) is 6.33 Å². The zero-order valence-corrected chi connectivity index (χ0v) is 8.53. The molecule has 0 aliphatic carbocycles. The Balaban J connectivity index is 2.33. The SMILES string of the molecule is CC1CN(c2ncnc(Cl)c2C=O)C1. The quantitative estimate of drug-likeness (QED) is 0.548. The number of aldehydes is 1. The molecule has 0 saturated carbocycles. The third-order valence-corrected chi connectivity index (χ3v) is 2.60. The molecule has 74 valence electrons. The van der Waals surface area contributed by atoms with E-state index in [1.807, 2.05) is 4.90 Å². The fourth-order valence-electron chi connectivity index (χ4n) is 1.59. The molecule has 0 aromatic carbocycles. The van der Waals surface area contributed by atoms with E-state index >= 15 is 0 Å². The first kappa shape index (κ1) is 9.40. The summed E-state index contributed by atoms with van der Waals surface area (Å²) in [6, 6.07) is 0. The summed E-state index contributed by atoms with van der Waals surface area (Å²) in [6.45, 7) is 4.00. The van der Waals surface area contributed by atoms with Gasteiger partial charge in [0.05, 0.1) is 5.56 Å². The molecule has 1 aliphatic heterocycles. The lowest BCUT2D eigenvalue weighted by atomic mass is 10.0. The van der Waals surface area contributed by atoms with Gasteiger partial charge in [0.25, 0.3) is 0 Å². The van der Waals surface area contributed by atoms with Crippen LogP contribution in [0.1, 0.15) is 17.3 Å². The zero-order valence-electron chi connectivity index (χ0n) is 7.77. The predicted octanol–water partition coefficient (Wildman–Crippen LogP) is 1.40. The summed E-state index contributed by atoms with van der Waals surface area (Å²) in [6.07, 6.45) is 2.09. The topological polar surface area (TPSA) is 46.1 Å². The second-order valence-corrected chi connectivity index (χ2v) is 3.89. The highest BCUT2D eigenvalue weighted by Gasteiger charge is 2.26. The molecular formula is C9H10ClN3O. The molecule has 2 rings (SSSR count). The average molecular weight is 212 g/mol. The summed E-state index contributed by atoms with van der Waals surface area (Å²) >= 11 is 5.78. The molecule has 0 amide bonds. The van der Waals surface area contributed by atoms with Gasteiger partial charge in [0.1, 0.15) is 17.3 Å². The van der Waals surface area contributed by atoms with Gasteiger partial charge in [-0.05, 0) is 5.92 Å². The largest absolute Gasteiger partial charge is 0.355 e. The Hall–Kier alpha value is -1.16. The van der Waals surface area contributed by atoms with Gasteiger partial charge in [-0.15, -0.1) is 0 Å². The monoisotopic (exact) mass is 211 g/mol. The molecule has 1 fully saturated rings. The molecule has 0 spiro atoms. The highest BCUT2D eigenvalue weighted by atomic mass is 35.5. The van der Waals surface area contributed by atoms with E-state index in [-0.39, 0.29) is 5.15 Å². The molecule has 0 N–H and O–H groups in total. The highest BCUT2D eigenvalue weighted by molar-refractivity contribution is 6.32. The first-order valence-corrected chi connectivity index (χ1v) is 4.80. The molecule has 1 saturated heterocycles. The number of aromatic nitrogens is 2. The van der Waals surface area contributed by atoms with E-state index in [4.69, 9.17) is 11.6 Å². The van der Waals surface area contributed by atoms with Gasteiger partial charge >= 0.3 is 0 Å². The van der Waals surface area contributed by atoms with Crippen molar-refractivity contribution in [3.63, 3.8) is 0 Å². The molecule has 0 radical (unpaired) electrons. The third kappa shape index (κ3) is 1.46. The van der Waals surface area contributed by atoms with Crippen LogP contribution in [-0.4, -0.2) is 29.3 Å². The Bertz CT molecular complexity index is 363. The average Bonchev–Trinajstić information content (AvgIpc) is 2.13. The fourth-order valence-corrected chi connectivity index (χ4v) is 1.76. The summed E-state index contributed by atoms with van der Waals surface area (Å²) in [4.78, 5) is 20.6. The summed E-state index contributed by atoms with van der Waals surface area (Å²) in [5.41, 5.74) is 0.390. The van der Waals surface area contributed by atoms with E-state index in [0.717, 1.165) is 13.1 Å². The van der Waals surface area contributed by atoms with E-state index in [2.05, 4.69) is 16.9 Å². The molecule has 0 unspecified atom stereocenters. The van der Waals surface area contributed by atoms with Crippen LogP contribution in [0.5, 0.6) is 0 Å². The summed E-state index contributed by atoms with van der Waals surface area (Å²) in [7, 11) is 0. The maximum Gasteiger partial charge on any atom is 0.156 e. The van der Waals surface area contributed by atoms with E-state index in [9.17, 15) is 4.79 Å². The van der Waals surface area contributed by atoms with Crippen LogP contribution >= 0.6 is 11.6 Å². The number of rotatable bonds is 2. The normalized spacial score (nSPS) is 16.6. The van der Waals surface area contributed by atoms with Gasteiger partial charge in [-0.25, -0.2) is 9.97 Å². The number of hydrogen-bond donors (Lipinski definition) is 0. The lowest BCUT2D eigenvalue weighted by Crippen LogP contribution is -2.46. The maximum absolute atomic E-state index is 10.8. The van der Waals surface area contributed by atoms with Crippen molar-refractivity contribution in [1.82, 2.24) is 9.97 Å². The summed E-state index contributed by atoms with van der Waals surface area (Å²) < 4.78 is 0. The van der Waals surface area contributed by atoms with Crippen molar-refractivity contribution >= 4 is 23.7 Å². The Labute approximate surface area is 86.9 Å². The van der Waals surface area contributed by atoms with Crippen LogP contribution in [0.4, 0.5) is 5.82 Å². The number of nitrogens with zero attached hydrogens (tertiary/aromatic N) is 3. The minimum atomic E-state index is 0.226. The van der Waals surface area contributed by atoms with Gasteiger partial charge in [0, 0.05) is 13.1 Å². The van der Waals surface area contributed by atoms with E-state index < -0.39 is 0 Å². The van der Waals surface area contributed by atoms with E-state index in [1.54, 1.807) is 0 Å². The van der Waals surface area contributed by atoms with Crippen molar-refractivity contribution in [2.75, 3.05) is 18.0 Å². The van der Waals surface area contributed by atoms with Crippen LogP contribution in [0.15, 0.2) is 6.33 Å². The number of anilines is 1. The standard InChI is InChI=1S/C9H10ClN3O/c1-6-2-13(3-6)9-7(4-14)8(10)11-5-12-9/h4-6H,2-3H2,1H3. The van der Waals surface area contributed by atoms with Crippen LogP contribution in [0.2, 0.25) is 5.15 Å². The Morgan fingerprint density at radius 2 is 2.29 bits per heavy atom. The van der Waals surface area contributed by atoms with Crippen LogP contribution in [0.25, 0.3) is 0 Å². The smallest absolute Gasteiger partial charge is 0.156 e. The lowest BCUT2D eigenvalue weighted by Gasteiger charge is -2.38. The van der Waals surface area contributed by atoms with Gasteiger partial charge in [-0.1, -0.05) is 18.5 Å². The van der Waals surface area contributed by atoms with Gasteiger partial charge in [-0.2, -0.15) is 0 Å². The Morgan fingerprint density at radius 1 is 1.57 bits per heavy atom. The van der Waals surface area contributed by atoms with Crippen molar-refractivity contribution < 1.29 is 4.79 Å². The van der Waals surface area contributed by atoms with Crippen molar-refractivity contribution in [2.24, 2.45) is 5.92 Å². The number of halogens is 1. The van der Waals surface area contributed by atoms with Crippen molar-refractivity contribution in [1.29, 1.82) is 0 Å². The van der Waals surface area contributed by atoms with Gasteiger partial charge in [0.15, 0.2) is 6.29 Å². The number of carbonyl (C=O) groups excluding carboxylic acids is 1. The first-order valence-electron chi connectivity index (χ1n) is 4.43. The fraction of sp³-hybridized carbons (Fsp3) is 0.444. The molecule has 1 aliphatic rings. The molecule has 5 heteroatoms. The predicted molar refractivity (Wildman–Crippen MR) is 53.8 cm³/mol. The third-order valence-electron chi connectivity index (χ3n) is 2.30. The highest BCUT2D eigenvalue weighted by Crippen LogP contribution is 2.27. The van der Waals surface area contributed by atoms with Crippen molar-refractivity contribution in [2.45, 2.75) is 6.92 Å². The lowest BCUT2D eigenvalue weighted by molar-refractivity contribution is 0.112. The molecule has 14 heavy (non-hydrogen) atoms. The molecule has 4 nitrogen and oxygen atoms in total. The van der Waals surface area contributed by atoms with Crippen LogP contribution < -0.4 is 4.90 Å². The van der Waals surface area contributed by atoms with Crippen molar-refractivity contribution in [3.05, 3.63) is 17.0 Å². The van der Waals surface area contributed by atoms with Gasteiger partial charge < -0.3 is 4.90 Å². The maximum atomic E-state index is 10.8. The molecular weight excluding hydrogens is 202 g/mol. The second-order valence-electron chi connectivity index (χ2n) is 3.53. The molecule has 1 aromatic rings. The van der Waals surface area contributed by atoms with Gasteiger partial charge in [0.2, 0.25) is 0 Å². The second kappa shape index (κ2) is 3.53. The minimum Gasteiger partial charge on any atom is -0.355 e. The molecule has 1 aromatic heterocycles. The Kier molecular flexibility index (Phi) is 2.37. The zero-order chi connectivity index (χ0) is 10.1. The number of hydrogen-bond acceptors (Lipinski definition) is 4. The minimum absolute atomic E-state index is 0.226. The van der Waals surface area contributed by atoms with Gasteiger partial charge in [-0.3, -0.25) is 4.79 Å². The Morgan fingerprint density at radius 3 is 2.86 bits per heavy atom. The van der Waals surface area contributed by atoms with Crippen molar-refractivity contribution in [3.8, 4) is 0 Å². The summed E-state index contributed by atoms with van der Waals surface area (Å²) in [5.74, 6) is 1.31. The molecule has 2 heterocycles. The molecule has 0 bridgehead atoms. The van der Waals surface area contributed by atoms with Crippen LogP contribution in [0, 0.1) is 5.92 Å². The van der Waals surface area contributed by atoms with E-state index in [0.29, 0.717) is 23.6 Å². The summed E-state index contributed by atoms with van der Waals surface area (Å²) in [5, 5.41) is 0.226. The number of carbonyl (C=O) groups is 1.